The van der Waals surface area contributed by atoms with Crippen LogP contribution in [0.1, 0.15) is 52.0 Å². The Balaban J connectivity index is 1.51. The highest BCUT2D eigenvalue weighted by molar-refractivity contribution is 8.18. The van der Waals surface area contributed by atoms with Crippen molar-refractivity contribution in [3.63, 3.8) is 0 Å². The molecule has 2 fully saturated rings. The van der Waals surface area contributed by atoms with Crippen LogP contribution >= 0.6 is 23.4 Å². The van der Waals surface area contributed by atoms with Crippen molar-refractivity contribution < 1.29 is 9.53 Å². The minimum Gasteiger partial charge on any atom is -0.489 e. The number of amides is 1. The first kappa shape index (κ1) is 24.7. The van der Waals surface area contributed by atoms with Crippen LogP contribution < -0.4 is 9.64 Å². The maximum Gasteiger partial charge on any atom is 0.266 e. The number of piperidine rings is 1. The molecule has 180 valence electrons. The largest absolute Gasteiger partial charge is 0.489 e. The van der Waals surface area contributed by atoms with Crippen LogP contribution in [0.4, 0.5) is 11.4 Å². The zero-order valence-electron chi connectivity index (χ0n) is 20.1. The van der Waals surface area contributed by atoms with Gasteiger partial charge in [-0.05, 0) is 99.3 Å². The molecular formula is C27H32ClN3O2S. The van der Waals surface area contributed by atoms with E-state index in [0.29, 0.717) is 27.4 Å². The second-order valence-corrected chi connectivity index (χ2v) is 10.1. The van der Waals surface area contributed by atoms with Gasteiger partial charge in [-0.25, -0.2) is 4.99 Å². The molecule has 0 aliphatic carbocycles. The maximum absolute atomic E-state index is 13.0. The molecule has 0 radical (unpaired) electrons. The quantitative estimate of drug-likeness (QED) is 0.381. The summed E-state index contributed by atoms with van der Waals surface area (Å²) in [6.45, 7) is 8.85. The molecular weight excluding hydrogens is 466 g/mol. The lowest BCUT2D eigenvalue weighted by molar-refractivity contribution is -0.122. The smallest absolute Gasteiger partial charge is 0.266 e. The Kier molecular flexibility index (Phi) is 8.22. The summed E-state index contributed by atoms with van der Waals surface area (Å²) in [5, 5.41) is 1.24. The topological polar surface area (TPSA) is 45.1 Å². The van der Waals surface area contributed by atoms with Gasteiger partial charge in [-0.15, -0.1) is 0 Å². The number of carbonyl (C=O) groups excluding carboxylic acids is 1. The Labute approximate surface area is 211 Å². The van der Waals surface area contributed by atoms with Crippen molar-refractivity contribution in [1.82, 2.24) is 4.90 Å². The second kappa shape index (κ2) is 11.3. The van der Waals surface area contributed by atoms with Crippen LogP contribution in [0.25, 0.3) is 6.08 Å². The molecule has 4 rings (SSSR count). The van der Waals surface area contributed by atoms with Crippen molar-refractivity contribution in [3.05, 3.63) is 58.0 Å². The van der Waals surface area contributed by atoms with Gasteiger partial charge in [0, 0.05) is 25.3 Å². The van der Waals surface area contributed by atoms with E-state index in [2.05, 4.69) is 24.0 Å². The molecule has 5 nitrogen and oxygen atoms in total. The van der Waals surface area contributed by atoms with E-state index in [4.69, 9.17) is 21.3 Å². The van der Waals surface area contributed by atoms with Crippen molar-refractivity contribution in [1.29, 1.82) is 0 Å². The lowest BCUT2D eigenvalue weighted by atomic mass is 10.1. The monoisotopic (exact) mass is 497 g/mol. The molecule has 2 aliphatic heterocycles. The standard InChI is InChI=1S/C27H32ClN3O2S/c1-4-19(3)33-24-14-9-20(17-23(24)28)18-25-26(32)31(5-2)27(34-25)29-21-10-12-22(13-11-21)30-15-7-6-8-16-30/h9-14,17-19H,4-8,15-16H2,1-3H3/b25-18-,29-27?/t19-/m1/s1. The number of likely N-dealkylation sites (N-methyl/N-ethyl adjacent to an activating group) is 1. The molecule has 34 heavy (non-hydrogen) atoms. The molecule has 0 bridgehead atoms. The summed E-state index contributed by atoms with van der Waals surface area (Å²) in [4.78, 5) is 22.6. The Hall–Kier alpha value is -2.44. The molecule has 0 N–H and O–H groups in total. The molecule has 2 heterocycles. The van der Waals surface area contributed by atoms with E-state index in [-0.39, 0.29) is 12.0 Å². The van der Waals surface area contributed by atoms with Gasteiger partial charge >= 0.3 is 0 Å². The van der Waals surface area contributed by atoms with E-state index < -0.39 is 0 Å². The first-order chi connectivity index (χ1) is 16.5. The van der Waals surface area contributed by atoms with E-state index in [1.807, 2.05) is 50.3 Å². The van der Waals surface area contributed by atoms with Gasteiger partial charge in [-0.2, -0.15) is 0 Å². The van der Waals surface area contributed by atoms with Crippen LogP contribution in [-0.4, -0.2) is 41.7 Å². The van der Waals surface area contributed by atoms with Gasteiger partial charge in [0.25, 0.3) is 5.91 Å². The van der Waals surface area contributed by atoms with Crippen molar-refractivity contribution in [2.24, 2.45) is 4.99 Å². The highest BCUT2D eigenvalue weighted by atomic mass is 35.5. The third kappa shape index (κ3) is 5.78. The van der Waals surface area contributed by atoms with Crippen LogP contribution in [0.5, 0.6) is 5.75 Å². The van der Waals surface area contributed by atoms with E-state index in [1.54, 1.807) is 4.90 Å². The highest BCUT2D eigenvalue weighted by Crippen LogP contribution is 2.35. The van der Waals surface area contributed by atoms with Gasteiger partial charge in [0.15, 0.2) is 5.17 Å². The summed E-state index contributed by atoms with van der Waals surface area (Å²) in [5.41, 5.74) is 2.95. The van der Waals surface area contributed by atoms with Gasteiger partial charge in [0.05, 0.1) is 21.7 Å². The zero-order valence-corrected chi connectivity index (χ0v) is 21.7. The molecule has 2 aromatic rings. The zero-order chi connectivity index (χ0) is 24.1. The fourth-order valence-corrected chi connectivity index (χ4v) is 5.32. The van der Waals surface area contributed by atoms with E-state index in [0.717, 1.165) is 30.8 Å². The second-order valence-electron chi connectivity index (χ2n) is 8.65. The minimum atomic E-state index is -0.0350. The molecule has 2 aliphatic rings. The lowest BCUT2D eigenvalue weighted by Gasteiger charge is -2.28. The Morgan fingerprint density at radius 1 is 1.12 bits per heavy atom. The number of benzene rings is 2. The van der Waals surface area contributed by atoms with Crippen LogP contribution in [0.3, 0.4) is 0 Å². The fraction of sp³-hybridized carbons (Fsp3) is 0.407. The first-order valence-corrected chi connectivity index (χ1v) is 13.3. The van der Waals surface area contributed by atoms with Gasteiger partial charge in [0.1, 0.15) is 5.75 Å². The van der Waals surface area contributed by atoms with Gasteiger partial charge in [-0.1, -0.05) is 24.6 Å². The maximum atomic E-state index is 13.0. The number of nitrogens with zero attached hydrogens (tertiary/aromatic N) is 3. The summed E-state index contributed by atoms with van der Waals surface area (Å²) < 4.78 is 5.85. The van der Waals surface area contributed by atoms with Gasteiger partial charge in [-0.3, -0.25) is 9.69 Å². The molecule has 0 saturated carbocycles. The lowest BCUT2D eigenvalue weighted by Crippen LogP contribution is -2.29. The Morgan fingerprint density at radius 3 is 2.50 bits per heavy atom. The molecule has 2 saturated heterocycles. The number of aliphatic imine (C=N–C) groups is 1. The Bertz CT molecular complexity index is 1080. The molecule has 0 aromatic heterocycles. The summed E-state index contributed by atoms with van der Waals surface area (Å²) in [5.74, 6) is 0.626. The molecule has 1 amide bonds. The number of hydrogen-bond acceptors (Lipinski definition) is 5. The third-order valence-electron chi connectivity index (χ3n) is 6.16. The molecule has 7 heteroatoms. The molecule has 0 spiro atoms. The molecule has 0 unspecified atom stereocenters. The van der Waals surface area contributed by atoms with Crippen LogP contribution in [0.2, 0.25) is 5.02 Å². The summed E-state index contributed by atoms with van der Waals surface area (Å²) in [6.07, 6.45) is 6.70. The average Bonchev–Trinajstić information content (AvgIpc) is 3.15. The normalized spacial score (nSPS) is 19.8. The van der Waals surface area contributed by atoms with Crippen molar-refractivity contribution in [2.75, 3.05) is 24.5 Å². The van der Waals surface area contributed by atoms with Crippen molar-refractivity contribution in [2.45, 2.75) is 52.6 Å². The predicted molar refractivity (Wildman–Crippen MR) is 144 cm³/mol. The Morgan fingerprint density at radius 2 is 1.85 bits per heavy atom. The number of thioether (sulfide) groups is 1. The van der Waals surface area contributed by atoms with Crippen LogP contribution in [-0.2, 0) is 4.79 Å². The SMILES string of the molecule is CC[C@@H](C)Oc1ccc(/C=C2\SC(=Nc3ccc(N4CCCCC4)cc3)N(CC)C2=O)cc1Cl. The molecule has 2 aromatic carbocycles. The fourth-order valence-electron chi connectivity index (χ4n) is 4.02. The summed E-state index contributed by atoms with van der Waals surface area (Å²) in [6, 6.07) is 14.0. The van der Waals surface area contributed by atoms with Crippen molar-refractivity contribution >= 4 is 51.9 Å². The number of halogens is 1. The number of amidine groups is 1. The van der Waals surface area contributed by atoms with Gasteiger partial charge < -0.3 is 9.64 Å². The number of hydrogen-bond donors (Lipinski definition) is 0. The average molecular weight is 498 g/mol. The van der Waals surface area contributed by atoms with Crippen LogP contribution in [0, 0.1) is 0 Å². The van der Waals surface area contributed by atoms with E-state index in [1.165, 1.54) is 36.7 Å². The summed E-state index contributed by atoms with van der Waals surface area (Å²) >= 11 is 7.83. The highest BCUT2D eigenvalue weighted by Gasteiger charge is 2.32. The number of carbonyl (C=O) groups is 1. The third-order valence-corrected chi connectivity index (χ3v) is 7.46. The number of anilines is 1. The van der Waals surface area contributed by atoms with E-state index >= 15 is 0 Å². The number of rotatable bonds is 7. The minimum absolute atomic E-state index is 0.0350. The summed E-state index contributed by atoms with van der Waals surface area (Å²) in [7, 11) is 0. The van der Waals surface area contributed by atoms with Crippen LogP contribution in [0.15, 0.2) is 52.4 Å². The first-order valence-electron chi connectivity index (χ1n) is 12.1. The number of ether oxygens (including phenoxy) is 1. The van der Waals surface area contributed by atoms with Crippen molar-refractivity contribution in [3.8, 4) is 5.75 Å². The predicted octanol–water partition coefficient (Wildman–Crippen LogP) is 7.13. The van der Waals surface area contributed by atoms with E-state index in [9.17, 15) is 4.79 Å². The molecule has 1 atom stereocenters. The van der Waals surface area contributed by atoms with Gasteiger partial charge in [0.2, 0.25) is 0 Å².